The Morgan fingerprint density at radius 3 is 2.58 bits per heavy atom. The summed E-state index contributed by atoms with van der Waals surface area (Å²) in [6.07, 6.45) is 0.465. The SMILES string of the molecule is CCOC(=O)c1ccc(NS(=O)(=O)c2c(CC)nc3sc(C)nn23)cc1. The second-order valence-corrected chi connectivity index (χ2v) is 8.19. The number of aromatic nitrogens is 3. The molecule has 10 heteroatoms. The average Bonchev–Trinajstić information content (AvgIpc) is 3.10. The van der Waals surface area contributed by atoms with Gasteiger partial charge in [0.15, 0.2) is 0 Å². The van der Waals surface area contributed by atoms with Gasteiger partial charge >= 0.3 is 5.97 Å². The molecule has 0 spiro atoms. The molecule has 0 bridgehead atoms. The van der Waals surface area contributed by atoms with Gasteiger partial charge in [-0.3, -0.25) is 4.72 Å². The number of nitrogens with one attached hydrogen (secondary N) is 1. The number of hydrogen-bond acceptors (Lipinski definition) is 7. The van der Waals surface area contributed by atoms with E-state index in [1.165, 1.54) is 40.1 Å². The predicted molar refractivity (Wildman–Crippen MR) is 98.2 cm³/mol. The van der Waals surface area contributed by atoms with Crippen molar-refractivity contribution in [3.8, 4) is 0 Å². The van der Waals surface area contributed by atoms with E-state index in [-0.39, 0.29) is 11.6 Å². The molecule has 3 aromatic rings. The first-order valence-corrected chi connectivity index (χ1v) is 10.3. The summed E-state index contributed by atoms with van der Waals surface area (Å²) >= 11 is 1.33. The van der Waals surface area contributed by atoms with Crippen LogP contribution in [0.15, 0.2) is 29.3 Å². The molecule has 1 N–H and O–H groups in total. The zero-order chi connectivity index (χ0) is 18.9. The van der Waals surface area contributed by atoms with Crippen LogP contribution in [0.5, 0.6) is 0 Å². The van der Waals surface area contributed by atoms with Crippen molar-refractivity contribution < 1.29 is 17.9 Å². The fourth-order valence-electron chi connectivity index (χ4n) is 2.46. The number of anilines is 1. The largest absolute Gasteiger partial charge is 0.462 e. The number of aryl methyl sites for hydroxylation is 2. The van der Waals surface area contributed by atoms with Crippen LogP contribution in [0, 0.1) is 6.92 Å². The van der Waals surface area contributed by atoms with E-state index in [1.54, 1.807) is 13.8 Å². The smallest absolute Gasteiger partial charge is 0.338 e. The molecular weight excluding hydrogens is 376 g/mol. The number of fused-ring (bicyclic) bond motifs is 1. The third-order valence-electron chi connectivity index (χ3n) is 3.57. The molecule has 0 atom stereocenters. The Kier molecular flexibility index (Phi) is 4.97. The van der Waals surface area contributed by atoms with Gasteiger partial charge < -0.3 is 4.74 Å². The Morgan fingerprint density at radius 2 is 1.96 bits per heavy atom. The fourth-order valence-corrected chi connectivity index (χ4v) is 4.68. The lowest BCUT2D eigenvalue weighted by atomic mass is 10.2. The van der Waals surface area contributed by atoms with E-state index in [2.05, 4.69) is 14.8 Å². The van der Waals surface area contributed by atoms with Crippen molar-refractivity contribution in [3.05, 3.63) is 40.5 Å². The van der Waals surface area contributed by atoms with Gasteiger partial charge in [-0.15, -0.1) is 0 Å². The predicted octanol–water partition coefficient (Wildman–Crippen LogP) is 2.64. The van der Waals surface area contributed by atoms with E-state index in [0.29, 0.717) is 28.3 Å². The number of sulfonamides is 1. The number of ether oxygens (including phenoxy) is 1. The Labute approximate surface area is 154 Å². The molecular formula is C16H18N4O4S2. The van der Waals surface area contributed by atoms with Gasteiger partial charge in [-0.25, -0.2) is 9.78 Å². The van der Waals surface area contributed by atoms with Crippen molar-refractivity contribution in [2.45, 2.75) is 32.2 Å². The van der Waals surface area contributed by atoms with Crippen LogP contribution in [-0.4, -0.2) is 35.6 Å². The van der Waals surface area contributed by atoms with Gasteiger partial charge in [-0.2, -0.15) is 18.0 Å². The summed E-state index contributed by atoms with van der Waals surface area (Å²) in [6, 6.07) is 6.05. The lowest BCUT2D eigenvalue weighted by Crippen LogP contribution is -2.17. The van der Waals surface area contributed by atoms with Gasteiger partial charge in [-0.1, -0.05) is 18.3 Å². The number of rotatable bonds is 6. The Bertz CT molecular complexity index is 1050. The van der Waals surface area contributed by atoms with Crippen LogP contribution in [0.1, 0.15) is 34.9 Å². The zero-order valence-corrected chi connectivity index (χ0v) is 16.1. The average molecular weight is 394 g/mol. The summed E-state index contributed by atoms with van der Waals surface area (Å²) in [5.41, 5.74) is 1.15. The minimum absolute atomic E-state index is 0.0359. The summed E-state index contributed by atoms with van der Waals surface area (Å²) < 4.78 is 34.6. The lowest BCUT2D eigenvalue weighted by molar-refractivity contribution is 0.0526. The van der Waals surface area contributed by atoms with E-state index < -0.39 is 16.0 Å². The number of nitrogens with zero attached hydrogens (tertiary/aromatic N) is 3. The first-order valence-electron chi connectivity index (χ1n) is 8.00. The van der Waals surface area contributed by atoms with Gasteiger partial charge in [0.05, 0.1) is 17.9 Å². The van der Waals surface area contributed by atoms with Crippen LogP contribution in [0.4, 0.5) is 5.69 Å². The van der Waals surface area contributed by atoms with Crippen molar-refractivity contribution >= 4 is 38.0 Å². The third-order valence-corrected chi connectivity index (χ3v) is 5.81. The highest BCUT2D eigenvalue weighted by atomic mass is 32.2. The van der Waals surface area contributed by atoms with Gasteiger partial charge in [-0.05, 0) is 44.5 Å². The monoisotopic (exact) mass is 394 g/mol. The molecule has 3 rings (SSSR count). The Hall–Kier alpha value is -2.46. The van der Waals surface area contributed by atoms with Crippen LogP contribution in [0.2, 0.25) is 0 Å². The van der Waals surface area contributed by atoms with Crippen LogP contribution in [0.3, 0.4) is 0 Å². The molecule has 1 aromatic carbocycles. The molecule has 2 heterocycles. The third kappa shape index (κ3) is 3.42. The van der Waals surface area contributed by atoms with Crippen molar-refractivity contribution in [3.63, 3.8) is 0 Å². The summed E-state index contributed by atoms with van der Waals surface area (Å²) in [7, 11) is -3.89. The van der Waals surface area contributed by atoms with Crippen LogP contribution in [0.25, 0.3) is 4.96 Å². The molecule has 0 amide bonds. The molecule has 0 unspecified atom stereocenters. The number of carbonyl (C=O) groups excluding carboxylic acids is 1. The van der Waals surface area contributed by atoms with Crippen LogP contribution >= 0.6 is 11.3 Å². The van der Waals surface area contributed by atoms with Gasteiger partial charge in [0, 0.05) is 5.69 Å². The standard InChI is InChI=1S/C16H18N4O4S2/c1-4-13-14(20-16(17-13)25-10(3)18-20)26(22,23)19-12-8-6-11(7-9-12)15(21)24-5-2/h6-9,19H,4-5H2,1-3H3. The fraction of sp³-hybridized carbons (Fsp3) is 0.312. The molecule has 138 valence electrons. The molecule has 0 saturated heterocycles. The highest BCUT2D eigenvalue weighted by Crippen LogP contribution is 2.25. The van der Waals surface area contributed by atoms with Gasteiger partial charge in [0.2, 0.25) is 9.99 Å². The summed E-state index contributed by atoms with van der Waals surface area (Å²) in [5, 5.41) is 5.00. The molecule has 0 radical (unpaired) electrons. The first kappa shape index (κ1) is 18.3. The van der Waals surface area contributed by atoms with Crippen LogP contribution in [-0.2, 0) is 21.2 Å². The van der Waals surface area contributed by atoms with E-state index in [0.717, 1.165) is 5.01 Å². The molecule has 0 saturated carbocycles. The number of carbonyl (C=O) groups is 1. The van der Waals surface area contributed by atoms with E-state index in [4.69, 9.17) is 4.74 Å². The molecule has 0 aliphatic carbocycles. The Balaban J connectivity index is 1.93. The minimum atomic E-state index is -3.89. The van der Waals surface area contributed by atoms with Crippen LogP contribution < -0.4 is 4.72 Å². The molecule has 8 nitrogen and oxygen atoms in total. The number of hydrogen-bond donors (Lipinski definition) is 1. The summed E-state index contributed by atoms with van der Waals surface area (Å²) in [5.74, 6) is -0.453. The molecule has 2 aromatic heterocycles. The normalized spacial score (nSPS) is 11.7. The highest BCUT2D eigenvalue weighted by molar-refractivity contribution is 7.92. The number of imidazole rings is 1. The van der Waals surface area contributed by atoms with Gasteiger partial charge in [0.1, 0.15) is 5.01 Å². The van der Waals surface area contributed by atoms with Gasteiger partial charge in [0.25, 0.3) is 10.0 Å². The number of benzene rings is 1. The highest BCUT2D eigenvalue weighted by Gasteiger charge is 2.26. The summed E-state index contributed by atoms with van der Waals surface area (Å²) in [4.78, 5) is 16.6. The Morgan fingerprint density at radius 1 is 1.27 bits per heavy atom. The van der Waals surface area contributed by atoms with Crippen molar-refractivity contribution in [2.24, 2.45) is 0 Å². The summed E-state index contributed by atoms with van der Waals surface area (Å²) in [6.45, 7) is 5.63. The molecule has 0 aliphatic rings. The van der Waals surface area contributed by atoms with Crippen molar-refractivity contribution in [2.75, 3.05) is 11.3 Å². The maximum Gasteiger partial charge on any atom is 0.338 e. The molecule has 0 fully saturated rings. The topological polar surface area (TPSA) is 103 Å². The molecule has 26 heavy (non-hydrogen) atoms. The van der Waals surface area contributed by atoms with E-state index in [1.807, 2.05) is 6.92 Å². The molecule has 0 aliphatic heterocycles. The van der Waals surface area contributed by atoms with E-state index >= 15 is 0 Å². The second-order valence-electron chi connectivity index (χ2n) is 5.44. The minimum Gasteiger partial charge on any atom is -0.462 e. The second kappa shape index (κ2) is 7.04. The zero-order valence-electron chi connectivity index (χ0n) is 14.5. The van der Waals surface area contributed by atoms with Crippen molar-refractivity contribution in [1.29, 1.82) is 0 Å². The lowest BCUT2D eigenvalue weighted by Gasteiger charge is -2.09. The quantitative estimate of drug-likeness (QED) is 0.645. The number of esters is 1. The first-order chi connectivity index (χ1) is 12.4. The van der Waals surface area contributed by atoms with Crippen molar-refractivity contribution in [1.82, 2.24) is 14.6 Å². The van der Waals surface area contributed by atoms with E-state index in [9.17, 15) is 13.2 Å². The maximum absolute atomic E-state index is 12.9. The maximum atomic E-state index is 12.9.